The Morgan fingerprint density at radius 3 is 2.60 bits per heavy atom. The van der Waals surface area contributed by atoms with Crippen LogP contribution in [0.5, 0.6) is 11.5 Å². The van der Waals surface area contributed by atoms with Gasteiger partial charge in [0, 0.05) is 0 Å². The van der Waals surface area contributed by atoms with Crippen molar-refractivity contribution in [3.05, 3.63) is 50.1 Å². The number of aromatic hydroxyl groups is 2. The van der Waals surface area contributed by atoms with Gasteiger partial charge in [-0.05, 0) is 36.0 Å². The third kappa shape index (κ3) is 2.76. The molecule has 0 aliphatic carbocycles. The molecule has 0 fully saturated rings. The Morgan fingerprint density at radius 2 is 1.95 bits per heavy atom. The van der Waals surface area contributed by atoms with Crippen LogP contribution in [0.4, 0.5) is 0 Å². The van der Waals surface area contributed by atoms with Gasteiger partial charge in [0.05, 0.1) is 5.69 Å². The van der Waals surface area contributed by atoms with Gasteiger partial charge in [0.25, 0.3) is 5.56 Å². The Labute approximate surface area is 118 Å². The fraction of sp³-hybridized carbons (Fsp3) is 0. The molecule has 0 bridgehead atoms. The summed E-state index contributed by atoms with van der Waals surface area (Å²) in [5.41, 5.74) is 0.208. The van der Waals surface area contributed by atoms with E-state index in [1.54, 1.807) is 18.2 Å². The van der Waals surface area contributed by atoms with Gasteiger partial charge >= 0.3 is 0 Å². The summed E-state index contributed by atoms with van der Waals surface area (Å²) in [5, 5.41) is 27.5. The maximum Gasteiger partial charge on any atom is 0.270 e. The number of phenolic OH excluding ortho intramolecular Hbond substituents is 2. The minimum atomic E-state index is -0.565. The molecule has 2 rings (SSSR count). The van der Waals surface area contributed by atoms with Crippen LogP contribution in [0.3, 0.4) is 0 Å². The zero-order valence-electron chi connectivity index (χ0n) is 10.0. The predicted molar refractivity (Wildman–Crippen MR) is 75.7 cm³/mol. The smallest absolute Gasteiger partial charge is 0.270 e. The van der Waals surface area contributed by atoms with Crippen molar-refractivity contribution in [2.24, 2.45) is 0 Å². The lowest BCUT2D eigenvalue weighted by Gasteiger charge is -2.00. The van der Waals surface area contributed by atoms with Crippen molar-refractivity contribution in [1.82, 2.24) is 9.97 Å². The first kappa shape index (κ1) is 13.6. The van der Waals surface area contributed by atoms with Crippen molar-refractivity contribution >= 4 is 24.4 Å². The molecule has 0 saturated heterocycles. The predicted octanol–water partition coefficient (Wildman–Crippen LogP) is 1.89. The van der Waals surface area contributed by atoms with Gasteiger partial charge in [0.15, 0.2) is 16.3 Å². The molecule has 6 nitrogen and oxygen atoms in total. The maximum atomic E-state index is 11.5. The van der Waals surface area contributed by atoms with Gasteiger partial charge in [0.1, 0.15) is 11.6 Å². The zero-order chi connectivity index (χ0) is 14.7. The number of aromatic nitrogens is 2. The molecule has 4 N–H and O–H groups in total. The van der Waals surface area contributed by atoms with E-state index in [-0.39, 0.29) is 27.5 Å². The molecule has 0 unspecified atom stereocenters. The number of aromatic amines is 2. The molecule has 0 saturated carbocycles. The number of nitriles is 1. The molecule has 0 spiro atoms. The number of nitrogens with one attached hydrogen (secondary N) is 2. The number of benzene rings is 1. The van der Waals surface area contributed by atoms with E-state index in [0.29, 0.717) is 5.56 Å². The van der Waals surface area contributed by atoms with E-state index < -0.39 is 5.56 Å². The molecule has 0 aliphatic heterocycles. The Balaban J connectivity index is 2.46. The van der Waals surface area contributed by atoms with Crippen LogP contribution in [0.2, 0.25) is 0 Å². The van der Waals surface area contributed by atoms with Crippen molar-refractivity contribution in [2.45, 2.75) is 0 Å². The van der Waals surface area contributed by atoms with Gasteiger partial charge in [0.2, 0.25) is 0 Å². The van der Waals surface area contributed by atoms with Gasteiger partial charge in [-0.3, -0.25) is 9.78 Å². The number of hydrogen-bond acceptors (Lipinski definition) is 5. The first-order valence-corrected chi connectivity index (χ1v) is 5.89. The van der Waals surface area contributed by atoms with E-state index in [0.717, 1.165) is 0 Å². The van der Waals surface area contributed by atoms with E-state index in [1.165, 1.54) is 18.2 Å². The average Bonchev–Trinajstić information content (AvgIpc) is 2.39. The van der Waals surface area contributed by atoms with Crippen LogP contribution >= 0.6 is 12.2 Å². The maximum absolute atomic E-state index is 11.5. The van der Waals surface area contributed by atoms with Crippen molar-refractivity contribution in [2.75, 3.05) is 0 Å². The first-order chi connectivity index (χ1) is 9.51. The topological polar surface area (TPSA) is 113 Å². The number of phenols is 2. The Bertz CT molecular complexity index is 843. The van der Waals surface area contributed by atoms with Crippen molar-refractivity contribution in [3.8, 4) is 17.6 Å². The fourth-order valence-corrected chi connectivity index (χ4v) is 1.77. The Hall–Kier alpha value is -2.85. The second-order valence-corrected chi connectivity index (χ2v) is 4.30. The highest BCUT2D eigenvalue weighted by Crippen LogP contribution is 2.25. The minimum absolute atomic E-state index is 0.0853. The van der Waals surface area contributed by atoms with Gasteiger partial charge in [-0.15, -0.1) is 0 Å². The molecule has 0 atom stereocenters. The lowest BCUT2D eigenvalue weighted by Crippen LogP contribution is -2.13. The lowest BCUT2D eigenvalue weighted by molar-refractivity contribution is 0.403. The van der Waals surface area contributed by atoms with E-state index >= 15 is 0 Å². The van der Waals surface area contributed by atoms with E-state index in [2.05, 4.69) is 9.97 Å². The molecule has 20 heavy (non-hydrogen) atoms. The summed E-state index contributed by atoms with van der Waals surface area (Å²) >= 11 is 4.84. The molecule has 1 aromatic heterocycles. The quantitative estimate of drug-likeness (QED) is 0.497. The largest absolute Gasteiger partial charge is 0.504 e. The van der Waals surface area contributed by atoms with Crippen LogP contribution in [0.25, 0.3) is 12.2 Å². The van der Waals surface area contributed by atoms with Crippen LogP contribution in [0.1, 0.15) is 16.8 Å². The standard InChI is InChI=1S/C13H9N3O3S/c14-6-8-9(15-13(20)16-12(8)19)3-1-7-2-4-10(17)11(18)5-7/h1-5,17-18H,(H2,15,16,19,20). The van der Waals surface area contributed by atoms with Crippen LogP contribution in [-0.4, -0.2) is 20.2 Å². The average molecular weight is 287 g/mol. The molecule has 7 heteroatoms. The van der Waals surface area contributed by atoms with Gasteiger partial charge in [-0.2, -0.15) is 5.26 Å². The van der Waals surface area contributed by atoms with Crippen molar-refractivity contribution < 1.29 is 10.2 Å². The third-order valence-electron chi connectivity index (χ3n) is 2.53. The minimum Gasteiger partial charge on any atom is -0.504 e. The lowest BCUT2D eigenvalue weighted by atomic mass is 10.1. The molecule has 1 heterocycles. The summed E-state index contributed by atoms with van der Waals surface area (Å²) in [5.74, 6) is -0.484. The van der Waals surface area contributed by atoms with Crippen molar-refractivity contribution in [3.63, 3.8) is 0 Å². The third-order valence-corrected chi connectivity index (χ3v) is 2.73. The summed E-state index contributed by atoms with van der Waals surface area (Å²) in [6.45, 7) is 0. The first-order valence-electron chi connectivity index (χ1n) is 5.48. The number of nitrogens with zero attached hydrogens (tertiary/aromatic N) is 1. The SMILES string of the molecule is N#Cc1c(C=Cc2ccc(O)c(O)c2)[nH]c(=S)[nH]c1=O. The molecule has 0 aliphatic rings. The van der Waals surface area contributed by atoms with Crippen LogP contribution in [0.15, 0.2) is 23.0 Å². The number of H-pyrrole nitrogens is 2. The summed E-state index contributed by atoms with van der Waals surface area (Å²) in [6.07, 6.45) is 3.06. The summed E-state index contributed by atoms with van der Waals surface area (Å²) in [4.78, 5) is 16.6. The molecule has 100 valence electrons. The summed E-state index contributed by atoms with van der Waals surface area (Å²) in [7, 11) is 0. The van der Waals surface area contributed by atoms with Crippen LogP contribution in [-0.2, 0) is 0 Å². The zero-order valence-corrected chi connectivity index (χ0v) is 10.9. The monoisotopic (exact) mass is 287 g/mol. The molecular formula is C13H9N3O3S. The van der Waals surface area contributed by atoms with Crippen molar-refractivity contribution in [1.29, 1.82) is 5.26 Å². The van der Waals surface area contributed by atoms with E-state index in [9.17, 15) is 15.0 Å². The summed E-state index contributed by atoms with van der Waals surface area (Å²) < 4.78 is 0.113. The molecule has 0 radical (unpaired) electrons. The molecule has 1 aromatic carbocycles. The number of hydrogen-bond donors (Lipinski definition) is 4. The van der Waals surface area contributed by atoms with Crippen LogP contribution in [0, 0.1) is 16.1 Å². The normalized spacial score (nSPS) is 10.6. The Morgan fingerprint density at radius 1 is 1.20 bits per heavy atom. The highest BCUT2D eigenvalue weighted by molar-refractivity contribution is 7.71. The molecule has 2 aromatic rings. The molecule has 0 amide bonds. The van der Waals surface area contributed by atoms with Gasteiger partial charge < -0.3 is 15.2 Å². The Kier molecular flexibility index (Phi) is 3.68. The van der Waals surface area contributed by atoms with Gasteiger partial charge in [-0.25, -0.2) is 0 Å². The van der Waals surface area contributed by atoms with Gasteiger partial charge in [-0.1, -0.05) is 12.1 Å². The second-order valence-electron chi connectivity index (χ2n) is 3.89. The van der Waals surface area contributed by atoms with E-state index in [4.69, 9.17) is 17.5 Å². The van der Waals surface area contributed by atoms with Crippen LogP contribution < -0.4 is 5.56 Å². The highest BCUT2D eigenvalue weighted by atomic mass is 32.1. The summed E-state index contributed by atoms with van der Waals surface area (Å²) in [6, 6.07) is 6.04. The highest BCUT2D eigenvalue weighted by Gasteiger charge is 2.05. The van der Waals surface area contributed by atoms with E-state index in [1.807, 2.05) is 0 Å². The second kappa shape index (κ2) is 5.42. The number of rotatable bonds is 2. The fourth-order valence-electron chi connectivity index (χ4n) is 1.56. The molecular weight excluding hydrogens is 278 g/mol.